The number of halogens is 2. The number of hydrogen-bond donors (Lipinski definition) is 1. The highest BCUT2D eigenvalue weighted by Gasteiger charge is 2.26. The fourth-order valence-corrected chi connectivity index (χ4v) is 4.68. The number of carbonyl (C=O) groups is 1. The molecule has 7 nitrogen and oxygen atoms in total. The Bertz CT molecular complexity index is 1060. The lowest BCUT2D eigenvalue weighted by atomic mass is 10.2. The van der Waals surface area contributed by atoms with E-state index in [0.29, 0.717) is 13.1 Å². The molecule has 2 heterocycles. The fraction of sp³-hybridized carbons (Fsp3) is 0.368. The first kappa shape index (κ1) is 21.1. The molecule has 0 atom stereocenters. The number of anilines is 1. The van der Waals surface area contributed by atoms with Gasteiger partial charge >= 0.3 is 0 Å². The van der Waals surface area contributed by atoms with Crippen molar-refractivity contribution in [2.75, 3.05) is 18.4 Å². The van der Waals surface area contributed by atoms with E-state index in [9.17, 15) is 26.8 Å². The van der Waals surface area contributed by atoms with Crippen molar-refractivity contribution in [3.8, 4) is 0 Å². The van der Waals surface area contributed by atoms with Crippen molar-refractivity contribution in [2.24, 2.45) is 0 Å². The van der Waals surface area contributed by atoms with Gasteiger partial charge in [-0.2, -0.15) is 4.31 Å². The van der Waals surface area contributed by atoms with Crippen LogP contribution in [0.2, 0.25) is 0 Å². The van der Waals surface area contributed by atoms with Crippen LogP contribution in [0.5, 0.6) is 0 Å². The maximum atomic E-state index is 13.3. The number of aromatic nitrogens is 1. The third kappa shape index (κ3) is 5.07. The second kappa shape index (κ2) is 8.83. The van der Waals surface area contributed by atoms with E-state index in [-0.39, 0.29) is 10.6 Å². The molecule has 0 spiro atoms. The number of carbonyl (C=O) groups excluding carboxylic acids is 1. The number of nitrogens with one attached hydrogen (secondary N) is 1. The van der Waals surface area contributed by atoms with Gasteiger partial charge in [-0.15, -0.1) is 0 Å². The van der Waals surface area contributed by atoms with Gasteiger partial charge < -0.3 is 9.88 Å². The monoisotopic (exact) mass is 425 g/mol. The van der Waals surface area contributed by atoms with E-state index in [1.165, 1.54) is 16.4 Å². The number of sulfonamides is 1. The minimum Gasteiger partial charge on any atom is -0.324 e. The lowest BCUT2D eigenvalue weighted by molar-refractivity contribution is -0.116. The summed E-state index contributed by atoms with van der Waals surface area (Å²) >= 11 is 0. The SMILES string of the molecule is O=C(Cn1cc(S(=O)(=O)N2CCCCCC2)ccc1=O)Nc1ccc(F)c(F)c1. The maximum absolute atomic E-state index is 13.3. The predicted octanol–water partition coefficient (Wildman–Crippen LogP) is 2.33. The Hall–Kier alpha value is -2.59. The van der Waals surface area contributed by atoms with E-state index in [0.717, 1.165) is 54.6 Å². The zero-order valence-corrected chi connectivity index (χ0v) is 16.4. The van der Waals surface area contributed by atoms with Crippen molar-refractivity contribution in [3.05, 3.63) is 58.5 Å². The minimum atomic E-state index is -3.78. The Morgan fingerprint density at radius 2 is 1.69 bits per heavy atom. The molecule has 1 aromatic carbocycles. The molecule has 0 unspecified atom stereocenters. The topological polar surface area (TPSA) is 88.5 Å². The van der Waals surface area contributed by atoms with E-state index in [1.807, 2.05) is 0 Å². The number of nitrogens with zero attached hydrogens (tertiary/aromatic N) is 2. The molecule has 0 saturated carbocycles. The molecule has 1 N–H and O–H groups in total. The highest BCUT2D eigenvalue weighted by atomic mass is 32.2. The standard InChI is InChI=1S/C19H21F2N3O4S/c20-16-7-5-14(11-17(16)21)22-18(25)13-23-12-15(6-8-19(23)26)29(27,28)24-9-3-1-2-4-10-24/h5-8,11-12H,1-4,9-10,13H2,(H,22,25). The van der Waals surface area contributed by atoms with E-state index >= 15 is 0 Å². The van der Waals surface area contributed by atoms with Gasteiger partial charge in [0.05, 0.1) is 4.90 Å². The van der Waals surface area contributed by atoms with Gasteiger partial charge in [0.2, 0.25) is 15.9 Å². The Kier molecular flexibility index (Phi) is 6.43. The molecule has 1 aliphatic heterocycles. The molecule has 0 aliphatic carbocycles. The normalized spacial score (nSPS) is 15.7. The van der Waals surface area contributed by atoms with Crippen molar-refractivity contribution in [1.82, 2.24) is 8.87 Å². The second-order valence-electron chi connectivity index (χ2n) is 6.83. The van der Waals surface area contributed by atoms with Gasteiger partial charge in [0.25, 0.3) is 5.56 Å². The van der Waals surface area contributed by atoms with Gasteiger partial charge in [0.15, 0.2) is 11.6 Å². The van der Waals surface area contributed by atoms with Crippen LogP contribution in [0.4, 0.5) is 14.5 Å². The summed E-state index contributed by atoms with van der Waals surface area (Å²) in [5.74, 6) is -2.85. The number of rotatable bonds is 5. The zero-order valence-electron chi connectivity index (χ0n) is 15.6. The number of benzene rings is 1. The molecule has 0 bridgehead atoms. The smallest absolute Gasteiger partial charge is 0.251 e. The van der Waals surface area contributed by atoms with Crippen LogP contribution in [0.25, 0.3) is 0 Å². The van der Waals surface area contributed by atoms with E-state index < -0.39 is 39.7 Å². The van der Waals surface area contributed by atoms with E-state index in [4.69, 9.17) is 0 Å². The van der Waals surface area contributed by atoms with Crippen LogP contribution in [-0.2, 0) is 21.4 Å². The highest BCUT2D eigenvalue weighted by Crippen LogP contribution is 2.19. The van der Waals surface area contributed by atoms with Gasteiger partial charge in [0, 0.05) is 37.1 Å². The summed E-state index contributed by atoms with van der Waals surface area (Å²) in [6.07, 6.45) is 4.61. The summed E-state index contributed by atoms with van der Waals surface area (Å²) in [5.41, 5.74) is -0.532. The van der Waals surface area contributed by atoms with Crippen molar-refractivity contribution in [1.29, 1.82) is 0 Å². The largest absolute Gasteiger partial charge is 0.324 e. The second-order valence-corrected chi connectivity index (χ2v) is 8.76. The molecule has 2 aromatic rings. The lowest BCUT2D eigenvalue weighted by Gasteiger charge is -2.20. The van der Waals surface area contributed by atoms with Crippen molar-refractivity contribution in [2.45, 2.75) is 37.1 Å². The highest BCUT2D eigenvalue weighted by molar-refractivity contribution is 7.89. The third-order valence-electron chi connectivity index (χ3n) is 4.68. The molecule has 1 aliphatic rings. The Morgan fingerprint density at radius 3 is 2.34 bits per heavy atom. The molecular weight excluding hydrogens is 404 g/mol. The van der Waals surface area contributed by atoms with Gasteiger partial charge in [-0.05, 0) is 31.0 Å². The molecule has 10 heteroatoms. The molecule has 3 rings (SSSR count). The van der Waals surface area contributed by atoms with Gasteiger partial charge in [0.1, 0.15) is 6.54 Å². The average Bonchev–Trinajstić information content (AvgIpc) is 2.96. The molecule has 29 heavy (non-hydrogen) atoms. The van der Waals surface area contributed by atoms with Gasteiger partial charge in [-0.3, -0.25) is 9.59 Å². The molecule has 1 aromatic heterocycles. The Balaban J connectivity index is 1.78. The van der Waals surface area contributed by atoms with Crippen LogP contribution in [0.3, 0.4) is 0 Å². The zero-order chi connectivity index (χ0) is 21.0. The molecule has 1 amide bonds. The van der Waals surface area contributed by atoms with Crippen molar-refractivity contribution < 1.29 is 22.0 Å². The molecular formula is C19H21F2N3O4S. The molecule has 1 saturated heterocycles. The van der Waals surface area contributed by atoms with Crippen molar-refractivity contribution >= 4 is 21.6 Å². The average molecular weight is 425 g/mol. The first-order valence-corrected chi connectivity index (χ1v) is 10.7. The molecule has 0 radical (unpaired) electrons. The molecule has 156 valence electrons. The van der Waals surface area contributed by atoms with Crippen LogP contribution in [0.15, 0.2) is 46.2 Å². The summed E-state index contributed by atoms with van der Waals surface area (Å²) in [5, 5.41) is 2.35. The fourth-order valence-electron chi connectivity index (χ4n) is 3.15. The van der Waals surface area contributed by atoms with Crippen LogP contribution in [0.1, 0.15) is 25.7 Å². The first-order valence-electron chi connectivity index (χ1n) is 9.23. The third-order valence-corrected chi connectivity index (χ3v) is 6.56. The molecule has 1 fully saturated rings. The summed E-state index contributed by atoms with van der Waals surface area (Å²) < 4.78 is 54.4. The minimum absolute atomic E-state index is 0.0234. The summed E-state index contributed by atoms with van der Waals surface area (Å²) in [6.45, 7) is 0.358. The lowest BCUT2D eigenvalue weighted by Crippen LogP contribution is -2.33. The van der Waals surface area contributed by atoms with E-state index in [1.54, 1.807) is 0 Å². The van der Waals surface area contributed by atoms with Gasteiger partial charge in [-0.25, -0.2) is 17.2 Å². The Labute approximate surface area is 167 Å². The maximum Gasteiger partial charge on any atom is 0.251 e. The quantitative estimate of drug-likeness (QED) is 0.796. The summed E-state index contributed by atoms with van der Waals surface area (Å²) in [4.78, 5) is 24.2. The number of amides is 1. The number of pyridine rings is 1. The summed E-state index contributed by atoms with van der Waals surface area (Å²) in [6, 6.07) is 5.18. The van der Waals surface area contributed by atoms with E-state index in [2.05, 4.69) is 5.32 Å². The van der Waals surface area contributed by atoms with Crippen LogP contribution >= 0.6 is 0 Å². The van der Waals surface area contributed by atoms with Gasteiger partial charge in [-0.1, -0.05) is 12.8 Å². The number of hydrogen-bond acceptors (Lipinski definition) is 4. The van der Waals surface area contributed by atoms with Crippen LogP contribution in [0, 0.1) is 11.6 Å². The first-order chi connectivity index (χ1) is 13.8. The van der Waals surface area contributed by atoms with Crippen LogP contribution in [-0.4, -0.2) is 36.3 Å². The van der Waals surface area contributed by atoms with Crippen molar-refractivity contribution in [3.63, 3.8) is 0 Å². The predicted molar refractivity (Wildman–Crippen MR) is 103 cm³/mol. The Morgan fingerprint density at radius 1 is 1.00 bits per heavy atom. The summed E-state index contributed by atoms with van der Waals surface area (Å²) in [7, 11) is -3.78. The van der Waals surface area contributed by atoms with Crippen LogP contribution < -0.4 is 10.9 Å².